The molecule has 0 bridgehead atoms. The van der Waals surface area contributed by atoms with E-state index < -0.39 is 0 Å². The zero-order chi connectivity index (χ0) is 16.3. The van der Waals surface area contributed by atoms with Crippen LogP contribution in [-0.2, 0) is 6.54 Å². The molecule has 1 spiro atoms. The molecule has 0 saturated carbocycles. The molecule has 4 heteroatoms. The van der Waals surface area contributed by atoms with Gasteiger partial charge < -0.3 is 14.8 Å². The smallest absolute Gasteiger partial charge is 0.161 e. The lowest BCUT2D eigenvalue weighted by atomic mass is 9.78. The number of rotatable bonds is 5. The van der Waals surface area contributed by atoms with Gasteiger partial charge >= 0.3 is 0 Å². The van der Waals surface area contributed by atoms with Crippen molar-refractivity contribution < 1.29 is 9.47 Å². The number of piperidine rings is 1. The summed E-state index contributed by atoms with van der Waals surface area (Å²) < 4.78 is 11.3. The first kappa shape index (κ1) is 16.6. The number of likely N-dealkylation sites (tertiary alicyclic amines) is 1. The Morgan fingerprint density at radius 2 is 1.96 bits per heavy atom. The maximum atomic E-state index is 5.81. The number of hydrogen-bond donors (Lipinski definition) is 1. The minimum Gasteiger partial charge on any atom is -0.493 e. The third-order valence-corrected chi connectivity index (χ3v) is 5.18. The normalized spacial score (nSPS) is 21.0. The van der Waals surface area contributed by atoms with Crippen LogP contribution >= 0.6 is 0 Å². The van der Waals surface area contributed by atoms with E-state index in [2.05, 4.69) is 22.3 Å². The fourth-order valence-corrected chi connectivity index (χ4v) is 3.95. The van der Waals surface area contributed by atoms with Gasteiger partial charge in [-0.15, -0.1) is 0 Å². The molecule has 1 aromatic carbocycles. The van der Waals surface area contributed by atoms with Crippen LogP contribution in [-0.4, -0.2) is 44.3 Å². The van der Waals surface area contributed by atoms with Gasteiger partial charge in [-0.3, -0.25) is 4.90 Å². The molecule has 3 rings (SSSR count). The average Bonchev–Trinajstić information content (AvgIpc) is 2.91. The van der Waals surface area contributed by atoms with Gasteiger partial charge in [0, 0.05) is 13.1 Å². The molecule has 23 heavy (non-hydrogen) atoms. The molecule has 0 aromatic heterocycles. The van der Waals surface area contributed by atoms with Crippen molar-refractivity contribution in [2.24, 2.45) is 5.41 Å². The average molecular weight is 318 g/mol. The second-order valence-corrected chi connectivity index (χ2v) is 7.36. The molecule has 0 radical (unpaired) electrons. The molecule has 2 saturated heterocycles. The minimum atomic E-state index is 0.160. The zero-order valence-electron chi connectivity index (χ0n) is 14.7. The van der Waals surface area contributed by atoms with Crippen molar-refractivity contribution in [2.45, 2.75) is 45.8 Å². The van der Waals surface area contributed by atoms with Gasteiger partial charge in [-0.25, -0.2) is 0 Å². The fraction of sp³-hybridized carbons (Fsp3) is 0.684. The Morgan fingerprint density at radius 1 is 1.17 bits per heavy atom. The number of methoxy groups -OCH3 is 1. The molecule has 4 nitrogen and oxygen atoms in total. The van der Waals surface area contributed by atoms with Crippen LogP contribution in [0.1, 0.15) is 38.7 Å². The van der Waals surface area contributed by atoms with E-state index in [9.17, 15) is 0 Å². The molecular formula is C19H30N2O2. The van der Waals surface area contributed by atoms with E-state index in [-0.39, 0.29) is 6.10 Å². The molecule has 1 aromatic rings. The van der Waals surface area contributed by atoms with Gasteiger partial charge in [0.15, 0.2) is 11.5 Å². The van der Waals surface area contributed by atoms with Crippen LogP contribution in [0.2, 0.25) is 0 Å². The highest BCUT2D eigenvalue weighted by Gasteiger charge is 2.38. The zero-order valence-corrected chi connectivity index (χ0v) is 14.7. The highest BCUT2D eigenvalue weighted by atomic mass is 16.5. The Bertz CT molecular complexity index is 524. The number of hydrogen-bond acceptors (Lipinski definition) is 4. The van der Waals surface area contributed by atoms with Crippen LogP contribution in [0.5, 0.6) is 11.5 Å². The number of nitrogens with one attached hydrogen (secondary N) is 1. The van der Waals surface area contributed by atoms with Gasteiger partial charge in [-0.2, -0.15) is 0 Å². The van der Waals surface area contributed by atoms with E-state index in [1.165, 1.54) is 51.0 Å². The standard InChI is InChI=1S/C19H30N2O2/c1-15(2)23-17-5-4-16(12-18(17)22-3)13-21-11-8-19(14-21)6-9-20-10-7-19/h4-5,12,15,20H,6-11,13-14H2,1-3H3. The van der Waals surface area contributed by atoms with Gasteiger partial charge in [0.1, 0.15) is 0 Å². The molecule has 0 atom stereocenters. The molecule has 128 valence electrons. The van der Waals surface area contributed by atoms with Crippen LogP contribution in [0.15, 0.2) is 18.2 Å². The largest absolute Gasteiger partial charge is 0.493 e. The lowest BCUT2D eigenvalue weighted by molar-refractivity contribution is 0.193. The summed E-state index contributed by atoms with van der Waals surface area (Å²) >= 11 is 0. The predicted octanol–water partition coefficient (Wildman–Crippen LogP) is 3.06. The number of ether oxygens (including phenoxy) is 2. The molecule has 2 aliphatic heterocycles. The second-order valence-electron chi connectivity index (χ2n) is 7.36. The van der Waals surface area contributed by atoms with Crippen LogP contribution in [0.25, 0.3) is 0 Å². The summed E-state index contributed by atoms with van der Waals surface area (Å²) in [5.74, 6) is 1.68. The highest BCUT2D eigenvalue weighted by molar-refractivity contribution is 5.43. The fourth-order valence-electron chi connectivity index (χ4n) is 3.95. The van der Waals surface area contributed by atoms with Crippen LogP contribution in [0.4, 0.5) is 0 Å². The molecule has 0 unspecified atom stereocenters. The molecule has 1 N–H and O–H groups in total. The minimum absolute atomic E-state index is 0.160. The summed E-state index contributed by atoms with van der Waals surface area (Å²) in [5, 5.41) is 3.49. The van der Waals surface area contributed by atoms with Crippen molar-refractivity contribution in [3.63, 3.8) is 0 Å². The molecule has 2 fully saturated rings. The first-order valence-corrected chi connectivity index (χ1v) is 8.87. The molecular weight excluding hydrogens is 288 g/mol. The number of benzene rings is 1. The van der Waals surface area contributed by atoms with Gasteiger partial charge in [0.05, 0.1) is 13.2 Å². The summed E-state index contributed by atoms with van der Waals surface area (Å²) in [6.45, 7) is 9.90. The summed E-state index contributed by atoms with van der Waals surface area (Å²) in [6.07, 6.45) is 4.16. The molecule has 2 heterocycles. The first-order valence-electron chi connectivity index (χ1n) is 8.87. The van der Waals surface area contributed by atoms with Crippen molar-refractivity contribution in [1.82, 2.24) is 10.2 Å². The molecule has 0 amide bonds. The highest BCUT2D eigenvalue weighted by Crippen LogP contribution is 2.39. The van der Waals surface area contributed by atoms with Crippen LogP contribution < -0.4 is 14.8 Å². The van der Waals surface area contributed by atoms with Gasteiger partial charge in [-0.1, -0.05) is 6.07 Å². The van der Waals surface area contributed by atoms with Crippen molar-refractivity contribution in [3.05, 3.63) is 23.8 Å². The van der Waals surface area contributed by atoms with E-state index in [4.69, 9.17) is 9.47 Å². The second kappa shape index (κ2) is 7.10. The summed E-state index contributed by atoms with van der Waals surface area (Å²) in [5.41, 5.74) is 1.87. The Morgan fingerprint density at radius 3 is 2.65 bits per heavy atom. The van der Waals surface area contributed by atoms with E-state index in [0.29, 0.717) is 5.41 Å². The first-order chi connectivity index (χ1) is 11.1. The Hall–Kier alpha value is -1.26. The number of nitrogens with zero attached hydrogens (tertiary/aromatic N) is 1. The topological polar surface area (TPSA) is 33.7 Å². The van der Waals surface area contributed by atoms with E-state index in [1.807, 2.05) is 19.9 Å². The van der Waals surface area contributed by atoms with Gasteiger partial charge in [-0.05, 0) is 75.9 Å². The van der Waals surface area contributed by atoms with Crippen molar-refractivity contribution >= 4 is 0 Å². The molecule has 0 aliphatic carbocycles. The van der Waals surface area contributed by atoms with Crippen molar-refractivity contribution in [1.29, 1.82) is 0 Å². The predicted molar refractivity (Wildman–Crippen MR) is 93.2 cm³/mol. The van der Waals surface area contributed by atoms with Crippen LogP contribution in [0.3, 0.4) is 0 Å². The van der Waals surface area contributed by atoms with Gasteiger partial charge in [0.25, 0.3) is 0 Å². The van der Waals surface area contributed by atoms with Gasteiger partial charge in [0.2, 0.25) is 0 Å². The summed E-state index contributed by atoms with van der Waals surface area (Å²) in [7, 11) is 1.71. The third kappa shape index (κ3) is 3.99. The molecule has 2 aliphatic rings. The maximum absolute atomic E-state index is 5.81. The van der Waals surface area contributed by atoms with Crippen molar-refractivity contribution in [2.75, 3.05) is 33.3 Å². The van der Waals surface area contributed by atoms with E-state index in [1.54, 1.807) is 7.11 Å². The lowest BCUT2D eigenvalue weighted by Gasteiger charge is -2.34. The third-order valence-electron chi connectivity index (χ3n) is 5.18. The summed E-state index contributed by atoms with van der Waals surface area (Å²) in [4.78, 5) is 2.60. The monoisotopic (exact) mass is 318 g/mol. The van der Waals surface area contributed by atoms with Crippen molar-refractivity contribution in [3.8, 4) is 11.5 Å². The Kier molecular flexibility index (Phi) is 5.12. The van der Waals surface area contributed by atoms with Crippen LogP contribution in [0, 0.1) is 5.41 Å². The lowest BCUT2D eigenvalue weighted by Crippen LogP contribution is -2.38. The SMILES string of the molecule is COc1cc(CN2CCC3(CCNCC3)C2)ccc1OC(C)C. The Labute approximate surface area is 140 Å². The summed E-state index contributed by atoms with van der Waals surface area (Å²) in [6, 6.07) is 6.35. The Balaban J connectivity index is 1.64. The maximum Gasteiger partial charge on any atom is 0.161 e. The van der Waals surface area contributed by atoms with E-state index in [0.717, 1.165) is 18.0 Å². The van der Waals surface area contributed by atoms with E-state index >= 15 is 0 Å². The quantitative estimate of drug-likeness (QED) is 0.905.